The lowest BCUT2D eigenvalue weighted by atomic mass is 10.0. The molecule has 1 unspecified atom stereocenters. The number of benzene rings is 1. The number of rotatable bonds is 5. The van der Waals surface area contributed by atoms with Crippen LogP contribution in [-0.4, -0.2) is 30.2 Å². The Bertz CT molecular complexity index is 445. The largest absolute Gasteiger partial charge is 0.473 e. The molecule has 1 fully saturated rings. The van der Waals surface area contributed by atoms with E-state index in [1.165, 1.54) is 12.0 Å². The summed E-state index contributed by atoms with van der Waals surface area (Å²) >= 11 is 0. The number of piperidine rings is 1. The lowest BCUT2D eigenvalue weighted by Gasteiger charge is -2.33. The van der Waals surface area contributed by atoms with Crippen LogP contribution in [0.25, 0.3) is 0 Å². The molecule has 116 valence electrons. The molecular weight excluding hydrogens is 264 g/mol. The van der Waals surface area contributed by atoms with Gasteiger partial charge in [0.15, 0.2) is 6.73 Å². The third-order valence-electron chi connectivity index (χ3n) is 3.99. The van der Waals surface area contributed by atoms with Gasteiger partial charge in [-0.25, -0.2) is 4.79 Å². The normalized spacial score (nSPS) is 18.4. The van der Waals surface area contributed by atoms with E-state index in [1.807, 2.05) is 17.0 Å². The van der Waals surface area contributed by atoms with Gasteiger partial charge in [0, 0.05) is 12.6 Å². The van der Waals surface area contributed by atoms with Crippen LogP contribution in [0.2, 0.25) is 0 Å². The van der Waals surface area contributed by atoms with Gasteiger partial charge in [0.2, 0.25) is 0 Å². The summed E-state index contributed by atoms with van der Waals surface area (Å²) in [6.45, 7) is 5.33. The van der Waals surface area contributed by atoms with Crippen LogP contribution >= 0.6 is 0 Å². The molecular formula is C17H26N2O2. The molecule has 1 N–H and O–H groups in total. The van der Waals surface area contributed by atoms with Gasteiger partial charge >= 0.3 is 6.03 Å². The molecule has 4 heteroatoms. The van der Waals surface area contributed by atoms with Crippen LogP contribution in [0.4, 0.5) is 4.79 Å². The summed E-state index contributed by atoms with van der Waals surface area (Å²) < 4.78 is 5.58. The summed E-state index contributed by atoms with van der Waals surface area (Å²) in [5, 5.41) is 2.84. The minimum absolute atomic E-state index is 0.0233. The van der Waals surface area contributed by atoms with Crippen molar-refractivity contribution >= 4 is 6.03 Å². The highest BCUT2D eigenvalue weighted by Crippen LogP contribution is 2.16. The number of aryl methyl sites for hydroxylation is 1. The molecule has 1 atom stereocenters. The SMILES string of the molecule is CCCc1ccc(OCNC(=O)N2CCCCC2C)cc1. The highest BCUT2D eigenvalue weighted by Gasteiger charge is 2.22. The number of carbonyl (C=O) groups excluding carboxylic acids is 1. The van der Waals surface area contributed by atoms with Gasteiger partial charge in [-0.3, -0.25) is 0 Å². The second kappa shape index (κ2) is 7.91. The van der Waals surface area contributed by atoms with E-state index in [0.29, 0.717) is 6.04 Å². The number of amides is 2. The van der Waals surface area contributed by atoms with Crippen molar-refractivity contribution in [3.63, 3.8) is 0 Å². The fourth-order valence-electron chi connectivity index (χ4n) is 2.72. The van der Waals surface area contributed by atoms with E-state index in [2.05, 4.69) is 31.3 Å². The molecule has 0 radical (unpaired) electrons. The van der Waals surface area contributed by atoms with E-state index in [1.54, 1.807) is 0 Å². The minimum Gasteiger partial charge on any atom is -0.473 e. The van der Waals surface area contributed by atoms with Crippen LogP contribution in [0.15, 0.2) is 24.3 Å². The fraction of sp³-hybridized carbons (Fsp3) is 0.588. The highest BCUT2D eigenvalue weighted by molar-refractivity contribution is 5.74. The van der Waals surface area contributed by atoms with Crippen molar-refractivity contribution in [3.05, 3.63) is 29.8 Å². The number of ether oxygens (including phenoxy) is 1. The summed E-state index contributed by atoms with van der Waals surface area (Å²) in [4.78, 5) is 14.0. The van der Waals surface area contributed by atoms with Crippen molar-refractivity contribution in [2.45, 2.75) is 52.0 Å². The quantitative estimate of drug-likeness (QED) is 0.842. The summed E-state index contributed by atoms with van der Waals surface area (Å²) in [5.74, 6) is 0.793. The third kappa shape index (κ3) is 4.66. The molecule has 0 bridgehead atoms. The number of hydrogen-bond donors (Lipinski definition) is 1. The first-order valence-electron chi connectivity index (χ1n) is 7.97. The van der Waals surface area contributed by atoms with Crippen LogP contribution in [-0.2, 0) is 6.42 Å². The van der Waals surface area contributed by atoms with E-state index in [-0.39, 0.29) is 12.8 Å². The van der Waals surface area contributed by atoms with E-state index < -0.39 is 0 Å². The molecule has 0 aliphatic carbocycles. The molecule has 0 aromatic heterocycles. The molecule has 2 amide bonds. The Labute approximate surface area is 127 Å². The van der Waals surface area contributed by atoms with Crippen LogP contribution in [0, 0.1) is 0 Å². The van der Waals surface area contributed by atoms with Gasteiger partial charge < -0.3 is 15.0 Å². The number of hydrogen-bond acceptors (Lipinski definition) is 2. The first kappa shape index (κ1) is 15.7. The second-order valence-electron chi connectivity index (χ2n) is 5.70. The molecule has 1 aliphatic heterocycles. The maximum atomic E-state index is 12.1. The average molecular weight is 290 g/mol. The summed E-state index contributed by atoms with van der Waals surface area (Å²) in [7, 11) is 0. The van der Waals surface area contributed by atoms with E-state index in [4.69, 9.17) is 4.74 Å². The molecule has 21 heavy (non-hydrogen) atoms. The number of carbonyl (C=O) groups is 1. The van der Waals surface area contributed by atoms with Gasteiger partial charge in [0.1, 0.15) is 5.75 Å². The van der Waals surface area contributed by atoms with Crippen LogP contribution in [0.1, 0.15) is 45.1 Å². The zero-order chi connectivity index (χ0) is 15.1. The molecule has 1 aliphatic rings. The van der Waals surface area contributed by atoms with Gasteiger partial charge in [-0.05, 0) is 50.3 Å². The molecule has 0 saturated carbocycles. The Morgan fingerprint density at radius 2 is 2.10 bits per heavy atom. The number of likely N-dealkylation sites (tertiary alicyclic amines) is 1. The maximum absolute atomic E-state index is 12.1. The Balaban J connectivity index is 1.74. The number of urea groups is 1. The van der Waals surface area contributed by atoms with Gasteiger partial charge in [0.25, 0.3) is 0 Å². The average Bonchev–Trinajstić information content (AvgIpc) is 2.49. The van der Waals surface area contributed by atoms with Gasteiger partial charge in [-0.15, -0.1) is 0 Å². The van der Waals surface area contributed by atoms with E-state index >= 15 is 0 Å². The highest BCUT2D eigenvalue weighted by atomic mass is 16.5. The molecule has 1 saturated heterocycles. The lowest BCUT2D eigenvalue weighted by molar-refractivity contribution is 0.149. The first-order valence-corrected chi connectivity index (χ1v) is 7.97. The van der Waals surface area contributed by atoms with Crippen molar-refractivity contribution in [1.82, 2.24) is 10.2 Å². The molecule has 1 aromatic carbocycles. The number of nitrogens with zero attached hydrogens (tertiary/aromatic N) is 1. The summed E-state index contributed by atoms with van der Waals surface area (Å²) in [6.07, 6.45) is 5.63. The van der Waals surface area contributed by atoms with E-state index in [9.17, 15) is 4.79 Å². The molecule has 0 spiro atoms. The molecule has 4 nitrogen and oxygen atoms in total. The molecule has 2 rings (SSSR count). The van der Waals surface area contributed by atoms with Gasteiger partial charge in [-0.1, -0.05) is 25.5 Å². The predicted octanol–water partition coefficient (Wildman–Crippen LogP) is 3.56. The second-order valence-corrected chi connectivity index (χ2v) is 5.70. The third-order valence-corrected chi connectivity index (χ3v) is 3.99. The minimum atomic E-state index is -0.0233. The predicted molar refractivity (Wildman–Crippen MR) is 84.5 cm³/mol. The lowest BCUT2D eigenvalue weighted by Crippen LogP contribution is -2.48. The fourth-order valence-corrected chi connectivity index (χ4v) is 2.72. The topological polar surface area (TPSA) is 41.6 Å². The van der Waals surface area contributed by atoms with Crippen LogP contribution < -0.4 is 10.1 Å². The Hall–Kier alpha value is -1.71. The number of nitrogens with one attached hydrogen (secondary N) is 1. The Morgan fingerprint density at radius 1 is 1.33 bits per heavy atom. The van der Waals surface area contributed by atoms with Gasteiger partial charge in [0.05, 0.1) is 0 Å². The van der Waals surface area contributed by atoms with E-state index in [0.717, 1.165) is 38.0 Å². The van der Waals surface area contributed by atoms with Crippen molar-refractivity contribution in [3.8, 4) is 5.75 Å². The summed E-state index contributed by atoms with van der Waals surface area (Å²) in [5.41, 5.74) is 1.32. The van der Waals surface area contributed by atoms with Crippen LogP contribution in [0.3, 0.4) is 0 Å². The van der Waals surface area contributed by atoms with Crippen molar-refractivity contribution in [1.29, 1.82) is 0 Å². The summed E-state index contributed by atoms with van der Waals surface area (Å²) in [6, 6.07) is 8.37. The zero-order valence-corrected chi connectivity index (χ0v) is 13.1. The molecule has 1 heterocycles. The van der Waals surface area contributed by atoms with Gasteiger partial charge in [-0.2, -0.15) is 0 Å². The maximum Gasteiger partial charge on any atom is 0.320 e. The smallest absolute Gasteiger partial charge is 0.320 e. The molecule has 1 aromatic rings. The van der Waals surface area contributed by atoms with Crippen molar-refractivity contribution in [2.24, 2.45) is 0 Å². The zero-order valence-electron chi connectivity index (χ0n) is 13.1. The Morgan fingerprint density at radius 3 is 2.76 bits per heavy atom. The van der Waals surface area contributed by atoms with Crippen molar-refractivity contribution < 1.29 is 9.53 Å². The standard InChI is InChI=1S/C17H26N2O2/c1-3-6-15-8-10-16(11-9-15)21-13-18-17(20)19-12-5-4-7-14(19)2/h8-11,14H,3-7,12-13H2,1-2H3,(H,18,20). The van der Waals surface area contributed by atoms with Crippen LogP contribution in [0.5, 0.6) is 5.75 Å². The Kier molecular flexibility index (Phi) is 5.90. The first-order chi connectivity index (χ1) is 10.2. The monoisotopic (exact) mass is 290 g/mol. The van der Waals surface area contributed by atoms with Crippen molar-refractivity contribution in [2.75, 3.05) is 13.3 Å².